The van der Waals surface area contributed by atoms with E-state index in [2.05, 4.69) is 10.3 Å². The summed E-state index contributed by atoms with van der Waals surface area (Å²) in [5, 5.41) is 3.35. The number of nitrogens with one attached hydrogen (secondary N) is 1. The SMILES string of the molecule is C[C@H](OC(=O)COCc1nc2ccccc2s1)C(=O)Nc1ccc(C(N)=O)cc1. The Kier molecular flexibility index (Phi) is 6.53. The number of hydrogen-bond donors (Lipinski definition) is 2. The molecule has 0 aliphatic rings. The highest BCUT2D eigenvalue weighted by atomic mass is 32.1. The molecule has 0 radical (unpaired) electrons. The third-order valence-electron chi connectivity index (χ3n) is 3.90. The number of anilines is 1. The summed E-state index contributed by atoms with van der Waals surface area (Å²) in [6.07, 6.45) is -1.01. The highest BCUT2D eigenvalue weighted by Crippen LogP contribution is 2.21. The van der Waals surface area contributed by atoms with Gasteiger partial charge in [0.15, 0.2) is 6.10 Å². The summed E-state index contributed by atoms with van der Waals surface area (Å²) in [4.78, 5) is 39.5. The van der Waals surface area contributed by atoms with E-state index in [0.717, 1.165) is 15.2 Å². The van der Waals surface area contributed by atoms with Crippen molar-refractivity contribution in [1.82, 2.24) is 4.98 Å². The first kappa shape index (κ1) is 20.4. The molecule has 0 fully saturated rings. The van der Waals surface area contributed by atoms with Crippen molar-refractivity contribution in [2.75, 3.05) is 11.9 Å². The van der Waals surface area contributed by atoms with E-state index < -0.39 is 23.9 Å². The maximum absolute atomic E-state index is 12.1. The van der Waals surface area contributed by atoms with Gasteiger partial charge in [0.1, 0.15) is 11.6 Å². The summed E-state index contributed by atoms with van der Waals surface area (Å²) < 4.78 is 11.5. The zero-order valence-electron chi connectivity index (χ0n) is 15.6. The van der Waals surface area contributed by atoms with Crippen LogP contribution in [0.2, 0.25) is 0 Å². The van der Waals surface area contributed by atoms with Crippen molar-refractivity contribution in [3.63, 3.8) is 0 Å². The first-order valence-electron chi connectivity index (χ1n) is 8.75. The molecule has 2 amide bonds. The van der Waals surface area contributed by atoms with Crippen molar-refractivity contribution in [2.24, 2.45) is 5.73 Å². The Morgan fingerprint density at radius 1 is 1.14 bits per heavy atom. The zero-order valence-corrected chi connectivity index (χ0v) is 16.4. The van der Waals surface area contributed by atoms with Gasteiger partial charge in [-0.1, -0.05) is 12.1 Å². The van der Waals surface area contributed by atoms with E-state index in [1.165, 1.54) is 42.5 Å². The molecule has 9 heteroatoms. The molecule has 0 aliphatic carbocycles. The number of aromatic nitrogens is 1. The lowest BCUT2D eigenvalue weighted by Gasteiger charge is -2.13. The van der Waals surface area contributed by atoms with Gasteiger partial charge in [-0.2, -0.15) is 0 Å². The van der Waals surface area contributed by atoms with Gasteiger partial charge in [-0.3, -0.25) is 9.59 Å². The van der Waals surface area contributed by atoms with Crippen LogP contribution in [0.5, 0.6) is 0 Å². The molecule has 29 heavy (non-hydrogen) atoms. The second-order valence-electron chi connectivity index (χ2n) is 6.13. The Hall–Kier alpha value is -3.30. The molecule has 1 aromatic heterocycles. The first-order valence-corrected chi connectivity index (χ1v) is 9.56. The van der Waals surface area contributed by atoms with E-state index in [1.54, 1.807) is 0 Å². The van der Waals surface area contributed by atoms with E-state index >= 15 is 0 Å². The van der Waals surface area contributed by atoms with Gasteiger partial charge in [0.25, 0.3) is 5.91 Å². The summed E-state index contributed by atoms with van der Waals surface area (Å²) in [7, 11) is 0. The molecule has 3 aromatic rings. The zero-order chi connectivity index (χ0) is 20.8. The number of nitrogens with two attached hydrogens (primary N) is 1. The van der Waals surface area contributed by atoms with Crippen molar-refractivity contribution in [1.29, 1.82) is 0 Å². The van der Waals surface area contributed by atoms with E-state index in [1.807, 2.05) is 24.3 Å². The fraction of sp³-hybridized carbons (Fsp3) is 0.200. The summed E-state index contributed by atoms with van der Waals surface area (Å²) in [6, 6.07) is 13.8. The van der Waals surface area contributed by atoms with Crippen LogP contribution in [0.1, 0.15) is 22.3 Å². The number of fused-ring (bicyclic) bond motifs is 1. The smallest absolute Gasteiger partial charge is 0.332 e. The third-order valence-corrected chi connectivity index (χ3v) is 4.91. The van der Waals surface area contributed by atoms with E-state index in [4.69, 9.17) is 15.2 Å². The quantitative estimate of drug-likeness (QED) is 0.547. The van der Waals surface area contributed by atoms with Gasteiger partial charge in [0.2, 0.25) is 5.91 Å². The van der Waals surface area contributed by atoms with Gasteiger partial charge in [0, 0.05) is 11.3 Å². The normalized spacial score (nSPS) is 11.8. The molecule has 0 saturated carbocycles. The van der Waals surface area contributed by atoms with Crippen molar-refractivity contribution < 1.29 is 23.9 Å². The predicted octanol–water partition coefficient (Wildman–Crippen LogP) is 2.48. The van der Waals surface area contributed by atoms with Crippen LogP contribution in [-0.2, 0) is 25.7 Å². The van der Waals surface area contributed by atoms with E-state index in [9.17, 15) is 14.4 Å². The molecule has 0 aliphatic heterocycles. The van der Waals surface area contributed by atoms with E-state index in [0.29, 0.717) is 11.3 Å². The van der Waals surface area contributed by atoms with Crippen molar-refractivity contribution >= 4 is 45.0 Å². The minimum Gasteiger partial charge on any atom is -0.451 e. The second kappa shape index (κ2) is 9.26. The number of rotatable bonds is 8. The summed E-state index contributed by atoms with van der Waals surface area (Å²) in [5.41, 5.74) is 6.83. The predicted molar refractivity (Wildman–Crippen MR) is 108 cm³/mol. The Morgan fingerprint density at radius 2 is 1.86 bits per heavy atom. The summed E-state index contributed by atoms with van der Waals surface area (Å²) in [5.74, 6) is -1.72. The van der Waals surface area contributed by atoms with E-state index in [-0.39, 0.29) is 13.2 Å². The number of ether oxygens (including phenoxy) is 2. The highest BCUT2D eigenvalue weighted by Gasteiger charge is 2.18. The van der Waals surface area contributed by atoms with Gasteiger partial charge in [0.05, 0.1) is 16.8 Å². The molecule has 3 N–H and O–H groups in total. The molecule has 150 valence electrons. The molecule has 1 heterocycles. The number of hydrogen-bond acceptors (Lipinski definition) is 7. The number of thiazole rings is 1. The molecule has 8 nitrogen and oxygen atoms in total. The summed E-state index contributed by atoms with van der Waals surface area (Å²) >= 11 is 1.49. The molecular formula is C20H19N3O5S. The highest BCUT2D eigenvalue weighted by molar-refractivity contribution is 7.18. The lowest BCUT2D eigenvalue weighted by molar-refractivity contribution is -0.157. The molecule has 0 spiro atoms. The Morgan fingerprint density at radius 3 is 2.55 bits per heavy atom. The molecule has 2 aromatic carbocycles. The van der Waals surface area contributed by atoms with Crippen LogP contribution in [0.15, 0.2) is 48.5 Å². The minimum atomic E-state index is -1.01. The molecule has 0 saturated heterocycles. The van der Waals surface area contributed by atoms with Crippen molar-refractivity contribution in [2.45, 2.75) is 19.6 Å². The Balaban J connectivity index is 1.43. The van der Waals surface area contributed by atoms with Gasteiger partial charge in [-0.05, 0) is 43.3 Å². The molecular weight excluding hydrogens is 394 g/mol. The number of carbonyl (C=O) groups excluding carboxylic acids is 3. The second-order valence-corrected chi connectivity index (χ2v) is 7.25. The molecule has 0 unspecified atom stereocenters. The lowest BCUT2D eigenvalue weighted by Crippen LogP contribution is -2.31. The average molecular weight is 413 g/mol. The van der Waals surface area contributed by atoms with Gasteiger partial charge in [-0.25, -0.2) is 9.78 Å². The van der Waals surface area contributed by atoms with Crippen LogP contribution < -0.4 is 11.1 Å². The van der Waals surface area contributed by atoms with Crippen molar-refractivity contribution in [3.05, 3.63) is 59.1 Å². The average Bonchev–Trinajstić information content (AvgIpc) is 3.11. The van der Waals surface area contributed by atoms with Gasteiger partial charge >= 0.3 is 5.97 Å². The van der Waals surface area contributed by atoms with Gasteiger partial charge < -0.3 is 20.5 Å². The van der Waals surface area contributed by atoms with Crippen LogP contribution in [0.25, 0.3) is 10.2 Å². The maximum atomic E-state index is 12.1. The monoisotopic (exact) mass is 413 g/mol. The number of nitrogens with zero attached hydrogens (tertiary/aromatic N) is 1. The number of benzene rings is 2. The lowest BCUT2D eigenvalue weighted by atomic mass is 10.2. The van der Waals surface area contributed by atoms with Crippen LogP contribution in [0.4, 0.5) is 5.69 Å². The summed E-state index contributed by atoms with van der Waals surface area (Å²) in [6.45, 7) is 1.35. The van der Waals surface area contributed by atoms with Crippen LogP contribution in [0, 0.1) is 0 Å². The first-order chi connectivity index (χ1) is 13.9. The number of amides is 2. The number of esters is 1. The van der Waals surface area contributed by atoms with Crippen LogP contribution in [0.3, 0.4) is 0 Å². The topological polar surface area (TPSA) is 121 Å². The Bertz CT molecular complexity index is 999. The van der Waals surface area contributed by atoms with Crippen LogP contribution in [-0.4, -0.2) is 35.5 Å². The van der Waals surface area contributed by atoms with Crippen LogP contribution >= 0.6 is 11.3 Å². The fourth-order valence-electron chi connectivity index (χ4n) is 2.45. The van der Waals surface area contributed by atoms with Crippen molar-refractivity contribution in [3.8, 4) is 0 Å². The largest absolute Gasteiger partial charge is 0.451 e. The van der Waals surface area contributed by atoms with Gasteiger partial charge in [-0.15, -0.1) is 11.3 Å². The third kappa shape index (κ3) is 5.59. The standard InChI is InChI=1S/C20H19N3O5S/c1-12(20(26)22-14-8-6-13(7-9-14)19(21)25)28-18(24)11-27-10-17-23-15-4-2-3-5-16(15)29-17/h2-9,12H,10-11H2,1H3,(H2,21,25)(H,22,26)/t12-/m0/s1. The number of carbonyl (C=O) groups is 3. The Labute approximate surface area is 170 Å². The maximum Gasteiger partial charge on any atom is 0.332 e. The fourth-order valence-corrected chi connectivity index (χ4v) is 3.35. The molecule has 3 rings (SSSR count). The number of primary amides is 1. The number of para-hydroxylation sites is 1. The molecule has 1 atom stereocenters. The minimum absolute atomic E-state index is 0.182. The molecule has 0 bridgehead atoms.